The first-order valence-corrected chi connectivity index (χ1v) is 11.4. The molecule has 4 rings (SSSR count). The Balaban J connectivity index is 1.67. The zero-order chi connectivity index (χ0) is 19.2. The molecular weight excluding hydrogens is 366 g/mol. The molecule has 1 saturated heterocycles. The summed E-state index contributed by atoms with van der Waals surface area (Å²) < 4.78 is 27.0. The van der Waals surface area contributed by atoms with E-state index in [1.165, 1.54) is 4.57 Å². The lowest BCUT2D eigenvalue weighted by molar-refractivity contribution is -0.136. The topological polar surface area (TPSA) is 81.4 Å². The van der Waals surface area contributed by atoms with Gasteiger partial charge in [-0.1, -0.05) is 25.0 Å². The van der Waals surface area contributed by atoms with Crippen molar-refractivity contribution in [2.45, 2.75) is 50.7 Å². The maximum atomic E-state index is 13.3. The number of hydrogen-bond acceptors (Lipinski definition) is 4. The molecule has 1 aromatic carbocycles. The molecule has 0 N–H and O–H groups in total. The number of benzene rings is 1. The van der Waals surface area contributed by atoms with Gasteiger partial charge < -0.3 is 4.90 Å². The molecule has 0 spiro atoms. The highest BCUT2D eigenvalue weighted by Crippen LogP contribution is 2.29. The zero-order valence-corrected chi connectivity index (χ0v) is 16.3. The molecule has 1 aliphatic heterocycles. The summed E-state index contributed by atoms with van der Waals surface area (Å²) in [6.45, 7) is -0.0484. The SMILES string of the molecule is Cn1c(=O)n(CC(=O)N(C2CCCC2)[C@H]2CCS(=O)(=O)C2)c2ccccc21. The number of sulfone groups is 1. The molecule has 7 nitrogen and oxygen atoms in total. The molecule has 1 amide bonds. The molecule has 0 bridgehead atoms. The average molecular weight is 391 g/mol. The number of carbonyl (C=O) groups excluding carboxylic acids is 1. The molecule has 8 heteroatoms. The van der Waals surface area contributed by atoms with Crippen LogP contribution in [0.2, 0.25) is 0 Å². The van der Waals surface area contributed by atoms with Gasteiger partial charge in [0.15, 0.2) is 9.84 Å². The van der Waals surface area contributed by atoms with Crippen LogP contribution in [0.15, 0.2) is 29.1 Å². The molecule has 0 unspecified atom stereocenters. The maximum Gasteiger partial charge on any atom is 0.329 e. The second kappa shape index (κ2) is 6.82. The van der Waals surface area contributed by atoms with Gasteiger partial charge in [-0.25, -0.2) is 13.2 Å². The summed E-state index contributed by atoms with van der Waals surface area (Å²) >= 11 is 0. The number of imidazole rings is 1. The summed E-state index contributed by atoms with van der Waals surface area (Å²) in [7, 11) is -1.38. The van der Waals surface area contributed by atoms with Gasteiger partial charge in [0, 0.05) is 19.1 Å². The van der Waals surface area contributed by atoms with E-state index in [4.69, 9.17) is 0 Å². The third-order valence-corrected chi connectivity index (χ3v) is 7.70. The van der Waals surface area contributed by atoms with Gasteiger partial charge >= 0.3 is 5.69 Å². The van der Waals surface area contributed by atoms with Gasteiger partial charge in [0.05, 0.1) is 22.5 Å². The number of carbonyl (C=O) groups is 1. The van der Waals surface area contributed by atoms with Crippen molar-refractivity contribution in [3.05, 3.63) is 34.7 Å². The number of rotatable bonds is 4. The summed E-state index contributed by atoms with van der Waals surface area (Å²) in [5, 5.41) is 0. The summed E-state index contributed by atoms with van der Waals surface area (Å²) in [6, 6.07) is 7.22. The summed E-state index contributed by atoms with van der Waals surface area (Å²) in [5.74, 6) is 0.0321. The highest BCUT2D eigenvalue weighted by atomic mass is 32.2. The fourth-order valence-corrected chi connectivity index (χ4v) is 6.33. The van der Waals surface area contributed by atoms with Crippen LogP contribution in [0.5, 0.6) is 0 Å². The van der Waals surface area contributed by atoms with Crippen molar-refractivity contribution in [1.29, 1.82) is 0 Å². The van der Waals surface area contributed by atoms with Crippen LogP contribution >= 0.6 is 0 Å². The van der Waals surface area contributed by atoms with E-state index in [0.29, 0.717) is 6.42 Å². The van der Waals surface area contributed by atoms with Gasteiger partial charge in [0.2, 0.25) is 5.91 Å². The van der Waals surface area contributed by atoms with Crippen LogP contribution in [-0.4, -0.2) is 51.9 Å². The number of para-hydroxylation sites is 2. The van der Waals surface area contributed by atoms with Gasteiger partial charge in [-0.05, 0) is 31.4 Å². The van der Waals surface area contributed by atoms with Crippen molar-refractivity contribution in [3.63, 3.8) is 0 Å². The molecule has 2 fully saturated rings. The summed E-state index contributed by atoms with van der Waals surface area (Å²) in [6.07, 6.45) is 4.43. The molecule has 1 aromatic heterocycles. The Morgan fingerprint density at radius 1 is 1.11 bits per heavy atom. The fourth-order valence-electron chi connectivity index (χ4n) is 4.62. The van der Waals surface area contributed by atoms with E-state index >= 15 is 0 Å². The van der Waals surface area contributed by atoms with Crippen LogP contribution < -0.4 is 5.69 Å². The van der Waals surface area contributed by atoms with Crippen LogP contribution in [0.1, 0.15) is 32.1 Å². The Kier molecular flexibility index (Phi) is 4.61. The molecule has 1 aliphatic carbocycles. The lowest BCUT2D eigenvalue weighted by Gasteiger charge is -2.34. The Hall–Kier alpha value is -2.09. The Labute approximate surface area is 158 Å². The first kappa shape index (κ1) is 18.3. The van der Waals surface area contributed by atoms with Crippen molar-refractivity contribution in [3.8, 4) is 0 Å². The second-order valence-corrected chi connectivity index (χ2v) is 9.94. The van der Waals surface area contributed by atoms with E-state index < -0.39 is 9.84 Å². The summed E-state index contributed by atoms with van der Waals surface area (Å²) in [4.78, 5) is 27.7. The van der Waals surface area contributed by atoms with Gasteiger partial charge in [-0.3, -0.25) is 13.9 Å². The third-order valence-electron chi connectivity index (χ3n) is 5.95. The van der Waals surface area contributed by atoms with Gasteiger partial charge in [0.25, 0.3) is 0 Å². The number of amides is 1. The molecule has 0 radical (unpaired) electrons. The first-order chi connectivity index (χ1) is 12.9. The summed E-state index contributed by atoms with van der Waals surface area (Å²) in [5.41, 5.74) is 1.28. The highest BCUT2D eigenvalue weighted by Gasteiger charge is 2.39. The Morgan fingerprint density at radius 3 is 2.41 bits per heavy atom. The molecule has 1 atom stereocenters. The molecule has 2 aliphatic rings. The number of hydrogen-bond donors (Lipinski definition) is 0. The Bertz CT molecular complexity index is 1030. The molecule has 27 heavy (non-hydrogen) atoms. The van der Waals surface area contributed by atoms with Crippen molar-refractivity contribution in [2.24, 2.45) is 7.05 Å². The smallest absolute Gasteiger partial charge is 0.329 e. The van der Waals surface area contributed by atoms with Crippen LogP contribution in [0.4, 0.5) is 0 Å². The standard InChI is InChI=1S/C19H25N3O4S/c1-20-16-8-4-5-9-17(16)21(19(20)24)12-18(23)22(14-6-2-3-7-14)15-10-11-27(25,26)13-15/h4-5,8-9,14-15H,2-3,6-7,10-13H2,1H3/t15-/m0/s1. The Morgan fingerprint density at radius 2 is 1.78 bits per heavy atom. The quantitative estimate of drug-likeness (QED) is 0.787. The number of fused-ring (bicyclic) bond motifs is 1. The van der Waals surface area contributed by atoms with Crippen molar-refractivity contribution < 1.29 is 13.2 Å². The minimum atomic E-state index is -3.08. The third kappa shape index (κ3) is 3.31. The number of aromatic nitrogens is 2. The average Bonchev–Trinajstić information content (AvgIpc) is 3.33. The monoisotopic (exact) mass is 391 g/mol. The zero-order valence-electron chi connectivity index (χ0n) is 15.5. The predicted molar refractivity (Wildman–Crippen MR) is 103 cm³/mol. The normalized spacial score (nSPS) is 22.5. The minimum Gasteiger partial charge on any atom is -0.334 e. The first-order valence-electron chi connectivity index (χ1n) is 9.53. The predicted octanol–water partition coefficient (Wildman–Crippen LogP) is 1.30. The van der Waals surface area contributed by atoms with Crippen molar-refractivity contribution in [2.75, 3.05) is 11.5 Å². The highest BCUT2D eigenvalue weighted by molar-refractivity contribution is 7.91. The van der Waals surface area contributed by atoms with Crippen molar-refractivity contribution >= 4 is 26.8 Å². The number of nitrogens with zero attached hydrogens (tertiary/aromatic N) is 3. The van der Waals surface area contributed by atoms with E-state index in [2.05, 4.69) is 0 Å². The van der Waals surface area contributed by atoms with E-state index in [0.717, 1.165) is 36.7 Å². The maximum absolute atomic E-state index is 13.3. The lowest BCUT2D eigenvalue weighted by atomic mass is 10.1. The molecule has 146 valence electrons. The fraction of sp³-hybridized carbons (Fsp3) is 0.579. The van der Waals surface area contributed by atoms with E-state index in [9.17, 15) is 18.0 Å². The largest absolute Gasteiger partial charge is 0.334 e. The van der Waals surface area contributed by atoms with Crippen LogP contribution in [0, 0.1) is 0 Å². The van der Waals surface area contributed by atoms with Crippen LogP contribution in [0.25, 0.3) is 11.0 Å². The van der Waals surface area contributed by atoms with Crippen molar-refractivity contribution in [1.82, 2.24) is 14.0 Å². The second-order valence-electron chi connectivity index (χ2n) is 7.71. The minimum absolute atomic E-state index is 0.0413. The molecule has 1 saturated carbocycles. The van der Waals surface area contributed by atoms with E-state index in [-0.39, 0.29) is 41.7 Å². The lowest BCUT2D eigenvalue weighted by Crippen LogP contribution is -2.48. The van der Waals surface area contributed by atoms with E-state index in [1.54, 1.807) is 16.5 Å². The van der Waals surface area contributed by atoms with Gasteiger partial charge in [0.1, 0.15) is 6.54 Å². The van der Waals surface area contributed by atoms with Crippen LogP contribution in [-0.2, 0) is 28.2 Å². The number of aryl methyl sites for hydroxylation is 1. The van der Waals surface area contributed by atoms with Gasteiger partial charge in [-0.2, -0.15) is 0 Å². The van der Waals surface area contributed by atoms with Crippen LogP contribution in [0.3, 0.4) is 0 Å². The van der Waals surface area contributed by atoms with Gasteiger partial charge in [-0.15, -0.1) is 0 Å². The molecule has 2 aromatic rings. The molecular formula is C19H25N3O4S. The van der Waals surface area contributed by atoms with E-state index in [1.807, 2.05) is 24.3 Å². The molecule has 2 heterocycles.